The number of aryl methyl sites for hydroxylation is 1. The van der Waals surface area contributed by atoms with Gasteiger partial charge >= 0.3 is 0 Å². The molecule has 2 aliphatic heterocycles. The van der Waals surface area contributed by atoms with Crippen LogP contribution in [0.2, 0.25) is 0 Å². The minimum atomic E-state index is -4.58. The Balaban J connectivity index is 1.13. The molecule has 0 aromatic heterocycles. The molecule has 7 atom stereocenters. The van der Waals surface area contributed by atoms with E-state index in [9.17, 15) is 0 Å². The molecular formula is C59H60N2O10S. The molecule has 0 spiro atoms. The lowest BCUT2D eigenvalue weighted by Gasteiger charge is -2.30. The summed E-state index contributed by atoms with van der Waals surface area (Å²) in [5.41, 5.74) is 6.41. The van der Waals surface area contributed by atoms with Crippen molar-refractivity contribution in [3.05, 3.63) is 245 Å². The molecular weight excluding hydrogens is 929 g/mol. The van der Waals surface area contributed by atoms with Gasteiger partial charge in [-0.05, 0) is 52.4 Å². The highest BCUT2D eigenvalue weighted by molar-refractivity contribution is 7.89. The third-order valence-corrected chi connectivity index (χ3v) is 14.0. The number of hydrogen-bond acceptors (Lipinski definition) is 11. The Morgan fingerprint density at radius 3 is 1.26 bits per heavy atom. The quantitative estimate of drug-likeness (QED) is 0.0541. The van der Waals surface area contributed by atoms with Crippen molar-refractivity contribution in [3.8, 4) is 0 Å². The van der Waals surface area contributed by atoms with Gasteiger partial charge in [-0.15, -0.1) is 5.10 Å². The fourth-order valence-corrected chi connectivity index (χ4v) is 9.88. The third-order valence-electron chi connectivity index (χ3n) is 12.4. The minimum Gasteiger partial charge on any atom is -0.469 e. The van der Waals surface area contributed by atoms with Gasteiger partial charge in [-0.2, -0.15) is 12.8 Å². The van der Waals surface area contributed by atoms with E-state index >= 15 is 8.42 Å². The second kappa shape index (κ2) is 25.2. The first kappa shape index (κ1) is 50.4. The summed E-state index contributed by atoms with van der Waals surface area (Å²) in [4.78, 5) is -0.0206. The number of ether oxygens (including phenoxy) is 8. The highest BCUT2D eigenvalue weighted by atomic mass is 32.2. The van der Waals surface area contributed by atoms with Crippen molar-refractivity contribution in [3.63, 3.8) is 0 Å². The molecule has 0 unspecified atom stereocenters. The molecule has 2 saturated heterocycles. The van der Waals surface area contributed by atoms with Crippen LogP contribution in [0.3, 0.4) is 0 Å². The molecule has 13 heteroatoms. The first-order valence-corrected chi connectivity index (χ1v) is 25.7. The van der Waals surface area contributed by atoms with E-state index in [-0.39, 0.29) is 57.0 Å². The summed E-state index contributed by atoms with van der Waals surface area (Å²) in [7, 11) is -4.58. The van der Waals surface area contributed by atoms with Gasteiger partial charge in [-0.1, -0.05) is 200 Å². The van der Waals surface area contributed by atoms with E-state index in [0.717, 1.165) is 43.4 Å². The van der Waals surface area contributed by atoms with Gasteiger partial charge < -0.3 is 37.9 Å². The fourth-order valence-electron chi connectivity index (χ4n) is 8.55. The minimum absolute atomic E-state index is 0.0206. The molecule has 0 bridgehead atoms. The zero-order chi connectivity index (χ0) is 49.4. The number of hydrogen-bond donors (Lipinski definition) is 0. The zero-order valence-corrected chi connectivity index (χ0v) is 41.0. The van der Waals surface area contributed by atoms with Crippen molar-refractivity contribution in [2.75, 3.05) is 13.2 Å². The first-order chi connectivity index (χ1) is 35.4. The lowest BCUT2D eigenvalue weighted by atomic mass is 10.1. The smallest absolute Gasteiger partial charge is 0.281 e. The maximum atomic E-state index is 15.6. The molecule has 2 aliphatic rings. The Labute approximate surface area is 422 Å². The zero-order valence-electron chi connectivity index (χ0n) is 40.2. The molecule has 0 aliphatic carbocycles. The topological polar surface area (TPSA) is 124 Å². The summed E-state index contributed by atoms with van der Waals surface area (Å²) in [6.45, 7) is 3.24. The molecule has 0 radical (unpaired) electrons. The normalized spacial score (nSPS) is 21.4. The lowest BCUT2D eigenvalue weighted by molar-refractivity contribution is -0.0968. The van der Waals surface area contributed by atoms with Gasteiger partial charge in [0.1, 0.15) is 24.4 Å². The second-order valence-electron chi connectivity index (χ2n) is 17.8. The summed E-state index contributed by atoms with van der Waals surface area (Å²) < 4.78 is 85.7. The van der Waals surface area contributed by atoms with Crippen molar-refractivity contribution >= 4 is 15.9 Å². The fraction of sp³-hybridized carbons (Fsp3) is 0.271. The van der Waals surface area contributed by atoms with Crippen molar-refractivity contribution in [1.82, 2.24) is 4.41 Å². The largest absolute Gasteiger partial charge is 0.469 e. The highest BCUT2D eigenvalue weighted by Gasteiger charge is 2.54. The summed E-state index contributed by atoms with van der Waals surface area (Å²) in [6.07, 6.45) is -6.73. The number of sulfonamides is 1. The van der Waals surface area contributed by atoms with E-state index in [4.69, 9.17) is 43.0 Å². The average Bonchev–Trinajstić information content (AvgIpc) is 3.94. The molecule has 0 saturated carbocycles. The van der Waals surface area contributed by atoms with E-state index in [1.165, 1.54) is 0 Å². The second-order valence-corrected chi connectivity index (χ2v) is 19.5. The predicted molar refractivity (Wildman–Crippen MR) is 273 cm³/mol. The Kier molecular flexibility index (Phi) is 17.7. The van der Waals surface area contributed by atoms with E-state index < -0.39 is 52.9 Å². The molecule has 12 nitrogen and oxygen atoms in total. The monoisotopic (exact) mass is 988 g/mol. The molecule has 0 N–H and O–H groups in total. The number of hydrazone groups is 1. The van der Waals surface area contributed by atoms with Gasteiger partial charge in [0, 0.05) is 0 Å². The summed E-state index contributed by atoms with van der Waals surface area (Å²) in [5.74, 6) is -0.0380. The van der Waals surface area contributed by atoms with Gasteiger partial charge in [0.15, 0.2) is 18.4 Å². The molecule has 0 amide bonds. The van der Waals surface area contributed by atoms with Crippen LogP contribution in [0.25, 0.3) is 0 Å². The van der Waals surface area contributed by atoms with Gasteiger partial charge in [-0.3, -0.25) is 0 Å². The van der Waals surface area contributed by atoms with Crippen molar-refractivity contribution < 1.29 is 46.3 Å². The Morgan fingerprint density at radius 1 is 0.444 bits per heavy atom. The van der Waals surface area contributed by atoms with Crippen LogP contribution in [0.1, 0.15) is 38.9 Å². The lowest BCUT2D eigenvalue weighted by Crippen LogP contribution is -2.47. The molecule has 9 rings (SSSR count). The van der Waals surface area contributed by atoms with Crippen LogP contribution >= 0.6 is 0 Å². The summed E-state index contributed by atoms with van der Waals surface area (Å²) in [5, 5.41) is 5.04. The SMILES string of the molecule is Cc1ccc(S(=O)(=O)N(/N=C2\O[C@H](COCc3ccccc3)[C@@H](OCc3ccccc3)[C@H]2OCc2ccccc2)[C@@H]2O[C@H](COCc3ccccc3)[C@@H](OCc3ccccc3)[C@H]2OCc2ccccc2)cc1. The van der Waals surface area contributed by atoms with Crippen LogP contribution in [0.15, 0.2) is 216 Å². The number of benzene rings is 7. The van der Waals surface area contributed by atoms with Crippen LogP contribution in [-0.4, -0.2) is 74.8 Å². The van der Waals surface area contributed by atoms with Crippen molar-refractivity contribution in [2.45, 2.75) is 94.3 Å². The van der Waals surface area contributed by atoms with Crippen LogP contribution < -0.4 is 0 Å². The van der Waals surface area contributed by atoms with Crippen LogP contribution in [-0.2, 0) is 87.6 Å². The molecule has 372 valence electrons. The van der Waals surface area contributed by atoms with Crippen LogP contribution in [0.4, 0.5) is 0 Å². The van der Waals surface area contributed by atoms with E-state index in [1.54, 1.807) is 24.3 Å². The standard InChI is InChI=1S/C59H60N2O10S/c1-44-32-34-51(35-33-44)72(62,63)61(59-57(69-41-50-30-18-7-19-31-50)55(67-39-48-26-14-5-15-27-48)53(71-59)43-65-37-46-22-10-3-11-23-46)60-58-56(68-40-49-28-16-6-17-29-49)54(66-38-47-24-12-4-13-25-47)52(70-58)42-64-36-45-20-8-2-9-21-45/h2-35,52-57,59H,36-43H2,1H3/b60-58-/t52-,53-,54-,55-,56-,57-,59-/m1/s1. The third kappa shape index (κ3) is 13.5. The maximum Gasteiger partial charge on any atom is 0.281 e. The van der Waals surface area contributed by atoms with Crippen molar-refractivity contribution in [1.29, 1.82) is 0 Å². The summed E-state index contributed by atoms with van der Waals surface area (Å²) >= 11 is 0. The predicted octanol–water partition coefficient (Wildman–Crippen LogP) is 10.2. The average molecular weight is 989 g/mol. The number of nitrogens with zero attached hydrogens (tertiary/aromatic N) is 2. The molecule has 72 heavy (non-hydrogen) atoms. The van der Waals surface area contributed by atoms with Crippen LogP contribution in [0.5, 0.6) is 0 Å². The molecule has 2 fully saturated rings. The first-order valence-electron chi connectivity index (χ1n) is 24.2. The highest BCUT2D eigenvalue weighted by Crippen LogP contribution is 2.36. The Morgan fingerprint density at radius 2 is 0.819 bits per heavy atom. The van der Waals surface area contributed by atoms with Gasteiger partial charge in [-0.25, -0.2) is 0 Å². The van der Waals surface area contributed by atoms with E-state index in [0.29, 0.717) is 6.61 Å². The Hall–Kier alpha value is -6.52. The van der Waals surface area contributed by atoms with Crippen molar-refractivity contribution in [2.24, 2.45) is 5.10 Å². The Bertz CT molecular complexity index is 2830. The summed E-state index contributed by atoms with van der Waals surface area (Å²) in [6, 6.07) is 65.2. The van der Waals surface area contributed by atoms with Gasteiger partial charge in [0.2, 0.25) is 5.90 Å². The van der Waals surface area contributed by atoms with Crippen LogP contribution in [0, 0.1) is 6.92 Å². The molecule has 7 aromatic carbocycles. The van der Waals surface area contributed by atoms with Gasteiger partial charge in [0.05, 0.1) is 57.8 Å². The van der Waals surface area contributed by atoms with Gasteiger partial charge in [0.25, 0.3) is 10.0 Å². The molecule has 7 aromatic rings. The number of rotatable bonds is 24. The maximum absolute atomic E-state index is 15.6. The van der Waals surface area contributed by atoms with E-state index in [2.05, 4.69) is 0 Å². The van der Waals surface area contributed by atoms with E-state index in [1.807, 2.05) is 189 Å². The molecule has 2 heterocycles.